The highest BCUT2D eigenvalue weighted by molar-refractivity contribution is 6.06. The molecule has 4 rings (SSSR count). The van der Waals surface area contributed by atoms with Crippen molar-refractivity contribution in [3.63, 3.8) is 0 Å². The van der Waals surface area contributed by atoms with Crippen molar-refractivity contribution < 1.29 is 13.9 Å². The molecule has 0 unspecified atom stereocenters. The standard InChI is InChI=1S/C22H18N2O3/c1-14-7-9-15(10-8-14)22-24-18-13-16(11-12-20(18)27-22)23-21(25)17-5-3-4-6-19(17)26-2/h3-13H,1-2H3,(H,23,25). The molecule has 0 aliphatic rings. The molecule has 4 aromatic rings. The Morgan fingerprint density at radius 1 is 1.04 bits per heavy atom. The lowest BCUT2D eigenvalue weighted by atomic mass is 10.1. The normalized spacial score (nSPS) is 10.7. The number of carbonyl (C=O) groups excluding carboxylic acids is 1. The minimum absolute atomic E-state index is 0.242. The minimum atomic E-state index is -0.242. The quantitative estimate of drug-likeness (QED) is 0.553. The van der Waals surface area contributed by atoms with E-state index in [1.54, 1.807) is 43.5 Å². The van der Waals surface area contributed by atoms with Gasteiger partial charge in [0.25, 0.3) is 5.91 Å². The van der Waals surface area contributed by atoms with Crippen molar-refractivity contribution in [2.24, 2.45) is 0 Å². The van der Waals surface area contributed by atoms with Crippen LogP contribution in [0, 0.1) is 6.92 Å². The van der Waals surface area contributed by atoms with Crippen molar-refractivity contribution in [2.45, 2.75) is 6.92 Å². The van der Waals surface area contributed by atoms with Gasteiger partial charge in [-0.25, -0.2) is 4.98 Å². The first kappa shape index (κ1) is 16.8. The number of hydrogen-bond acceptors (Lipinski definition) is 4. The van der Waals surface area contributed by atoms with Gasteiger partial charge in [-0.15, -0.1) is 0 Å². The molecule has 0 aliphatic carbocycles. The summed E-state index contributed by atoms with van der Waals surface area (Å²) in [6, 6.07) is 20.5. The second-order valence-corrected chi connectivity index (χ2v) is 6.22. The molecule has 0 bridgehead atoms. The van der Waals surface area contributed by atoms with Gasteiger partial charge in [0.1, 0.15) is 11.3 Å². The van der Waals surface area contributed by atoms with Gasteiger partial charge in [0.2, 0.25) is 5.89 Å². The van der Waals surface area contributed by atoms with Crippen LogP contribution in [0.25, 0.3) is 22.6 Å². The fourth-order valence-electron chi connectivity index (χ4n) is 2.86. The number of methoxy groups -OCH3 is 1. The zero-order valence-corrected chi connectivity index (χ0v) is 15.0. The molecular weight excluding hydrogens is 340 g/mol. The number of oxazole rings is 1. The van der Waals surface area contributed by atoms with Gasteiger partial charge in [0.05, 0.1) is 12.7 Å². The highest BCUT2D eigenvalue weighted by Gasteiger charge is 2.13. The number of aromatic nitrogens is 1. The largest absolute Gasteiger partial charge is 0.496 e. The monoisotopic (exact) mass is 358 g/mol. The number of benzene rings is 3. The Morgan fingerprint density at radius 3 is 2.59 bits per heavy atom. The molecule has 0 saturated heterocycles. The first-order valence-electron chi connectivity index (χ1n) is 8.56. The van der Waals surface area contributed by atoms with Crippen molar-refractivity contribution in [3.05, 3.63) is 77.9 Å². The van der Waals surface area contributed by atoms with Crippen LogP contribution in [-0.2, 0) is 0 Å². The number of ether oxygens (including phenoxy) is 1. The smallest absolute Gasteiger partial charge is 0.259 e. The number of fused-ring (bicyclic) bond motifs is 1. The summed E-state index contributed by atoms with van der Waals surface area (Å²) in [6.07, 6.45) is 0. The maximum atomic E-state index is 12.6. The third kappa shape index (κ3) is 3.40. The van der Waals surface area contributed by atoms with Crippen molar-refractivity contribution >= 4 is 22.7 Å². The molecule has 0 atom stereocenters. The molecule has 1 heterocycles. The molecule has 5 heteroatoms. The number of hydrogen-bond donors (Lipinski definition) is 1. The first-order chi connectivity index (χ1) is 13.1. The van der Waals surface area contributed by atoms with E-state index in [0.717, 1.165) is 5.56 Å². The number of anilines is 1. The Balaban J connectivity index is 1.62. The second kappa shape index (κ2) is 6.96. The van der Waals surface area contributed by atoms with Crippen LogP contribution in [0.3, 0.4) is 0 Å². The van der Waals surface area contributed by atoms with Crippen LogP contribution in [0.5, 0.6) is 5.75 Å². The number of carbonyl (C=O) groups is 1. The summed E-state index contributed by atoms with van der Waals surface area (Å²) in [5, 5.41) is 2.88. The molecule has 0 saturated carbocycles. The van der Waals surface area contributed by atoms with Crippen molar-refractivity contribution in [2.75, 3.05) is 12.4 Å². The summed E-state index contributed by atoms with van der Waals surface area (Å²) in [5.41, 5.74) is 4.56. The van der Waals surface area contributed by atoms with Gasteiger partial charge in [-0.1, -0.05) is 29.8 Å². The van der Waals surface area contributed by atoms with Crippen LogP contribution in [0.4, 0.5) is 5.69 Å². The number of nitrogens with one attached hydrogen (secondary N) is 1. The number of amides is 1. The summed E-state index contributed by atoms with van der Waals surface area (Å²) in [6.45, 7) is 2.03. The molecule has 0 radical (unpaired) electrons. The highest BCUT2D eigenvalue weighted by atomic mass is 16.5. The number of rotatable bonds is 4. The average molecular weight is 358 g/mol. The Bertz CT molecular complexity index is 1110. The maximum Gasteiger partial charge on any atom is 0.259 e. The summed E-state index contributed by atoms with van der Waals surface area (Å²) in [5.74, 6) is 0.839. The lowest BCUT2D eigenvalue weighted by Crippen LogP contribution is -2.13. The van der Waals surface area contributed by atoms with Gasteiger partial charge in [0, 0.05) is 11.3 Å². The number of aryl methyl sites for hydroxylation is 1. The van der Waals surface area contributed by atoms with Crippen LogP contribution in [0.1, 0.15) is 15.9 Å². The van der Waals surface area contributed by atoms with Gasteiger partial charge >= 0.3 is 0 Å². The molecule has 1 N–H and O–H groups in total. The lowest BCUT2D eigenvalue weighted by Gasteiger charge is -2.08. The third-order valence-electron chi connectivity index (χ3n) is 4.30. The lowest BCUT2D eigenvalue weighted by molar-refractivity contribution is 0.102. The Labute approximate surface area is 156 Å². The Hall–Kier alpha value is -3.60. The molecule has 1 aromatic heterocycles. The summed E-state index contributed by atoms with van der Waals surface area (Å²) in [4.78, 5) is 17.1. The van der Waals surface area contributed by atoms with Crippen LogP contribution in [-0.4, -0.2) is 18.0 Å². The Morgan fingerprint density at radius 2 is 1.81 bits per heavy atom. The molecular formula is C22H18N2O3. The molecule has 0 spiro atoms. The topological polar surface area (TPSA) is 64.4 Å². The second-order valence-electron chi connectivity index (χ2n) is 6.22. The summed E-state index contributed by atoms with van der Waals surface area (Å²) < 4.78 is 11.1. The fourth-order valence-corrected chi connectivity index (χ4v) is 2.86. The van der Waals surface area contributed by atoms with E-state index in [1.165, 1.54) is 5.56 Å². The van der Waals surface area contributed by atoms with Gasteiger partial charge in [0.15, 0.2) is 5.58 Å². The van der Waals surface area contributed by atoms with Gasteiger partial charge < -0.3 is 14.5 Å². The van der Waals surface area contributed by atoms with E-state index in [-0.39, 0.29) is 5.91 Å². The molecule has 0 aliphatic heterocycles. The van der Waals surface area contributed by atoms with Crippen LogP contribution < -0.4 is 10.1 Å². The predicted octanol–water partition coefficient (Wildman–Crippen LogP) is 5.06. The maximum absolute atomic E-state index is 12.6. The number of nitrogens with zero attached hydrogens (tertiary/aromatic N) is 1. The van der Waals surface area contributed by atoms with Crippen LogP contribution >= 0.6 is 0 Å². The molecule has 0 fully saturated rings. The van der Waals surface area contributed by atoms with E-state index in [4.69, 9.17) is 9.15 Å². The van der Waals surface area contributed by atoms with Crippen molar-refractivity contribution in [1.82, 2.24) is 4.98 Å². The summed E-state index contributed by atoms with van der Waals surface area (Å²) >= 11 is 0. The molecule has 1 amide bonds. The molecule has 5 nitrogen and oxygen atoms in total. The minimum Gasteiger partial charge on any atom is -0.496 e. The van der Waals surface area contributed by atoms with E-state index in [1.807, 2.05) is 37.3 Å². The van der Waals surface area contributed by atoms with Crippen LogP contribution in [0.15, 0.2) is 71.1 Å². The van der Waals surface area contributed by atoms with E-state index in [2.05, 4.69) is 10.3 Å². The van der Waals surface area contributed by atoms with Crippen molar-refractivity contribution in [3.8, 4) is 17.2 Å². The summed E-state index contributed by atoms with van der Waals surface area (Å²) in [7, 11) is 1.54. The van der Waals surface area contributed by atoms with E-state index >= 15 is 0 Å². The molecule has 3 aromatic carbocycles. The van der Waals surface area contributed by atoms with Gasteiger partial charge in [-0.05, 0) is 49.4 Å². The van der Waals surface area contributed by atoms with Gasteiger partial charge in [-0.3, -0.25) is 4.79 Å². The van der Waals surface area contributed by atoms with E-state index in [0.29, 0.717) is 34.0 Å². The third-order valence-corrected chi connectivity index (χ3v) is 4.30. The number of para-hydroxylation sites is 1. The first-order valence-corrected chi connectivity index (χ1v) is 8.56. The van der Waals surface area contributed by atoms with Gasteiger partial charge in [-0.2, -0.15) is 0 Å². The highest BCUT2D eigenvalue weighted by Crippen LogP contribution is 2.27. The predicted molar refractivity (Wildman–Crippen MR) is 105 cm³/mol. The van der Waals surface area contributed by atoms with Crippen LogP contribution in [0.2, 0.25) is 0 Å². The van der Waals surface area contributed by atoms with E-state index < -0.39 is 0 Å². The average Bonchev–Trinajstić information content (AvgIpc) is 3.11. The zero-order valence-electron chi connectivity index (χ0n) is 15.0. The molecule has 27 heavy (non-hydrogen) atoms. The SMILES string of the molecule is COc1ccccc1C(=O)Nc1ccc2oc(-c3ccc(C)cc3)nc2c1. The van der Waals surface area contributed by atoms with E-state index in [9.17, 15) is 4.79 Å². The fraction of sp³-hybridized carbons (Fsp3) is 0.0909. The Kier molecular flexibility index (Phi) is 4.34. The zero-order chi connectivity index (χ0) is 18.8. The van der Waals surface area contributed by atoms with Crippen molar-refractivity contribution in [1.29, 1.82) is 0 Å². The molecule has 134 valence electrons.